The fourth-order valence-electron chi connectivity index (χ4n) is 1.59. The van der Waals surface area contributed by atoms with E-state index in [1.807, 2.05) is 0 Å². The summed E-state index contributed by atoms with van der Waals surface area (Å²) in [4.78, 5) is 0. The fraction of sp³-hybridized carbons (Fsp3) is 0.833. The molecule has 1 aliphatic rings. The molecular weight excluding hydrogens is 192 g/mol. The largest absolute Gasteiger partial charge is 0.394 e. The zero-order chi connectivity index (χ0) is 10.3. The van der Waals surface area contributed by atoms with Crippen molar-refractivity contribution >= 4 is 0 Å². The second-order valence-electron chi connectivity index (χ2n) is 3.16. The molecule has 0 saturated heterocycles. The molecule has 0 bridgehead atoms. The molecule has 0 spiro atoms. The molecule has 1 aromatic rings. The van der Waals surface area contributed by atoms with Crippen LogP contribution >= 0.6 is 0 Å². The topological polar surface area (TPSA) is 125 Å². The van der Waals surface area contributed by atoms with Gasteiger partial charge in [-0.3, -0.25) is 0 Å². The number of rotatable bonds is 2. The first-order chi connectivity index (χ1) is 6.66. The number of hydrogen-bond acceptors (Lipinski definition) is 7. The SMILES string of the molecule is OC[C@@H](O)C1[C@H](O)[C@H](O)c2nnnn21. The Morgan fingerprint density at radius 1 is 1.43 bits per heavy atom. The Balaban J connectivity index is 2.35. The van der Waals surface area contributed by atoms with Crippen molar-refractivity contribution in [3.63, 3.8) is 0 Å². The highest BCUT2D eigenvalue weighted by molar-refractivity contribution is 5.05. The summed E-state index contributed by atoms with van der Waals surface area (Å²) in [6.45, 7) is -0.534. The van der Waals surface area contributed by atoms with E-state index in [-0.39, 0.29) is 5.82 Å². The van der Waals surface area contributed by atoms with E-state index in [1.165, 1.54) is 0 Å². The van der Waals surface area contributed by atoms with Crippen LogP contribution in [0.15, 0.2) is 0 Å². The predicted molar refractivity (Wildman–Crippen MR) is 40.9 cm³/mol. The van der Waals surface area contributed by atoms with Gasteiger partial charge in [0.1, 0.15) is 24.4 Å². The van der Waals surface area contributed by atoms with Crippen LogP contribution in [0, 0.1) is 0 Å². The number of aliphatic hydroxyl groups is 4. The summed E-state index contributed by atoms with van der Waals surface area (Å²) < 4.78 is 1.12. The Morgan fingerprint density at radius 3 is 2.79 bits per heavy atom. The van der Waals surface area contributed by atoms with Gasteiger partial charge in [0.05, 0.1) is 6.61 Å². The van der Waals surface area contributed by atoms with Crippen LogP contribution in [0.4, 0.5) is 0 Å². The molecule has 0 amide bonds. The second-order valence-corrected chi connectivity index (χ2v) is 3.16. The molecular formula is C6H10N4O4. The molecule has 8 heteroatoms. The summed E-state index contributed by atoms with van der Waals surface area (Å²) in [5, 5.41) is 47.4. The van der Waals surface area contributed by atoms with E-state index in [0.717, 1.165) is 4.68 Å². The maximum atomic E-state index is 9.52. The minimum atomic E-state index is -1.23. The molecule has 0 radical (unpaired) electrons. The van der Waals surface area contributed by atoms with Gasteiger partial charge < -0.3 is 20.4 Å². The van der Waals surface area contributed by atoms with Crippen LogP contribution in [0.3, 0.4) is 0 Å². The Hall–Kier alpha value is -1.09. The minimum absolute atomic E-state index is 0.0926. The third-order valence-corrected chi connectivity index (χ3v) is 2.32. The monoisotopic (exact) mass is 202 g/mol. The molecule has 78 valence electrons. The van der Waals surface area contributed by atoms with Gasteiger partial charge in [0.2, 0.25) is 0 Å². The van der Waals surface area contributed by atoms with Crippen LogP contribution in [-0.2, 0) is 0 Å². The lowest BCUT2D eigenvalue weighted by atomic mass is 10.1. The smallest absolute Gasteiger partial charge is 0.183 e. The van der Waals surface area contributed by atoms with Gasteiger partial charge in [-0.25, -0.2) is 4.68 Å². The normalized spacial score (nSPS) is 33.0. The minimum Gasteiger partial charge on any atom is -0.394 e. The number of hydrogen-bond donors (Lipinski definition) is 4. The molecule has 0 aliphatic carbocycles. The maximum Gasteiger partial charge on any atom is 0.183 e. The molecule has 1 aromatic heterocycles. The van der Waals surface area contributed by atoms with Crippen molar-refractivity contribution in [2.45, 2.75) is 24.4 Å². The van der Waals surface area contributed by atoms with Crippen LogP contribution in [0.2, 0.25) is 0 Å². The van der Waals surface area contributed by atoms with E-state index in [1.54, 1.807) is 0 Å². The van der Waals surface area contributed by atoms with Gasteiger partial charge >= 0.3 is 0 Å². The third kappa shape index (κ3) is 1.12. The van der Waals surface area contributed by atoms with Gasteiger partial charge in [0.25, 0.3) is 0 Å². The zero-order valence-electron chi connectivity index (χ0n) is 7.09. The summed E-state index contributed by atoms with van der Waals surface area (Å²) in [5.41, 5.74) is 0. The molecule has 8 nitrogen and oxygen atoms in total. The Kier molecular flexibility index (Phi) is 2.19. The molecule has 0 saturated carbocycles. The van der Waals surface area contributed by atoms with Crippen molar-refractivity contribution in [3.05, 3.63) is 5.82 Å². The molecule has 1 aliphatic heterocycles. The van der Waals surface area contributed by atoms with Crippen molar-refractivity contribution in [2.24, 2.45) is 0 Å². The number of tetrazole rings is 1. The van der Waals surface area contributed by atoms with Crippen LogP contribution in [-0.4, -0.2) is 59.4 Å². The maximum absolute atomic E-state index is 9.52. The quantitative estimate of drug-likeness (QED) is 0.402. The summed E-state index contributed by atoms with van der Waals surface area (Å²) in [5.74, 6) is 0.0926. The number of aromatic nitrogens is 4. The highest BCUT2D eigenvalue weighted by Gasteiger charge is 2.45. The van der Waals surface area contributed by atoms with E-state index in [2.05, 4.69) is 15.5 Å². The lowest BCUT2D eigenvalue weighted by Crippen LogP contribution is -2.34. The van der Waals surface area contributed by atoms with Crippen LogP contribution in [0.5, 0.6) is 0 Å². The van der Waals surface area contributed by atoms with E-state index >= 15 is 0 Å². The fourth-order valence-corrected chi connectivity index (χ4v) is 1.59. The number of nitrogens with zero attached hydrogens (tertiary/aromatic N) is 4. The average Bonchev–Trinajstić information content (AvgIpc) is 2.72. The average molecular weight is 202 g/mol. The molecule has 0 fully saturated rings. The van der Waals surface area contributed by atoms with Gasteiger partial charge in [-0.1, -0.05) is 0 Å². The van der Waals surface area contributed by atoms with E-state index in [0.29, 0.717) is 0 Å². The molecule has 4 atom stereocenters. The van der Waals surface area contributed by atoms with Gasteiger partial charge in [-0.15, -0.1) is 5.10 Å². The second kappa shape index (κ2) is 3.24. The van der Waals surface area contributed by atoms with E-state index < -0.39 is 31.0 Å². The van der Waals surface area contributed by atoms with Crippen LogP contribution in [0.1, 0.15) is 18.0 Å². The Labute approximate surface area is 78.4 Å². The molecule has 1 unspecified atom stereocenters. The molecule has 0 aromatic carbocycles. The zero-order valence-corrected chi connectivity index (χ0v) is 7.09. The van der Waals surface area contributed by atoms with Gasteiger partial charge in [-0.2, -0.15) is 0 Å². The molecule has 14 heavy (non-hydrogen) atoms. The summed E-state index contributed by atoms with van der Waals surface area (Å²) in [6, 6.07) is -0.903. The van der Waals surface area contributed by atoms with Crippen molar-refractivity contribution in [3.8, 4) is 0 Å². The first-order valence-electron chi connectivity index (χ1n) is 4.09. The van der Waals surface area contributed by atoms with E-state index in [4.69, 9.17) is 5.11 Å². The first kappa shape index (κ1) is 9.46. The summed E-state index contributed by atoms with van der Waals surface area (Å²) >= 11 is 0. The summed E-state index contributed by atoms with van der Waals surface area (Å²) in [6.07, 6.45) is -3.66. The van der Waals surface area contributed by atoms with Gasteiger partial charge in [0.15, 0.2) is 5.82 Å². The molecule has 2 rings (SSSR count). The Morgan fingerprint density at radius 2 is 2.14 bits per heavy atom. The van der Waals surface area contributed by atoms with Gasteiger partial charge in [-0.05, 0) is 10.4 Å². The van der Waals surface area contributed by atoms with Crippen molar-refractivity contribution in [1.82, 2.24) is 20.2 Å². The summed E-state index contributed by atoms with van der Waals surface area (Å²) in [7, 11) is 0. The van der Waals surface area contributed by atoms with E-state index in [9.17, 15) is 15.3 Å². The first-order valence-corrected chi connectivity index (χ1v) is 4.09. The highest BCUT2D eigenvalue weighted by atomic mass is 16.3. The van der Waals surface area contributed by atoms with Crippen molar-refractivity contribution in [2.75, 3.05) is 6.61 Å². The van der Waals surface area contributed by atoms with Crippen LogP contribution in [0.25, 0.3) is 0 Å². The molecule has 2 heterocycles. The predicted octanol–water partition coefficient (Wildman–Crippen LogP) is -3.02. The third-order valence-electron chi connectivity index (χ3n) is 2.32. The lowest BCUT2D eigenvalue weighted by Gasteiger charge is -2.20. The lowest BCUT2D eigenvalue weighted by molar-refractivity contribution is -0.0436. The molecule has 4 N–H and O–H groups in total. The number of fused-ring (bicyclic) bond motifs is 1. The van der Waals surface area contributed by atoms with Crippen molar-refractivity contribution < 1.29 is 20.4 Å². The Bertz CT molecular complexity index is 329. The van der Waals surface area contributed by atoms with Crippen LogP contribution < -0.4 is 0 Å². The van der Waals surface area contributed by atoms with Crippen molar-refractivity contribution in [1.29, 1.82) is 0 Å². The number of aliphatic hydroxyl groups excluding tert-OH is 4. The highest BCUT2D eigenvalue weighted by Crippen LogP contribution is 2.33. The van der Waals surface area contributed by atoms with Gasteiger partial charge in [0, 0.05) is 0 Å². The standard InChI is InChI=1S/C6H10N4O4/c11-1-2(12)3-4(13)5(14)6-7-8-9-10(3)6/h2-5,11-14H,1H2/t2-,3?,4+,5+/m1/s1.